The zero-order valence-corrected chi connectivity index (χ0v) is 6.25. The summed E-state index contributed by atoms with van der Waals surface area (Å²) in [7, 11) is 2.10. The zero-order valence-electron chi connectivity index (χ0n) is 6.25. The first kappa shape index (κ1) is 6.58. The van der Waals surface area contributed by atoms with Crippen molar-refractivity contribution in [2.75, 3.05) is 26.7 Å². The highest BCUT2D eigenvalue weighted by Gasteiger charge is 2.64. The number of hydrogen-bond donors (Lipinski definition) is 2. The molecular formula is C7H14N2O. The van der Waals surface area contributed by atoms with Crippen LogP contribution in [0.2, 0.25) is 0 Å². The molecule has 2 aliphatic rings. The van der Waals surface area contributed by atoms with Gasteiger partial charge in [-0.3, -0.25) is 0 Å². The van der Waals surface area contributed by atoms with Crippen LogP contribution >= 0.6 is 0 Å². The van der Waals surface area contributed by atoms with E-state index in [0.29, 0.717) is 11.8 Å². The molecule has 1 aliphatic heterocycles. The van der Waals surface area contributed by atoms with E-state index >= 15 is 0 Å². The van der Waals surface area contributed by atoms with Gasteiger partial charge in [0, 0.05) is 18.6 Å². The summed E-state index contributed by atoms with van der Waals surface area (Å²) >= 11 is 0. The fraction of sp³-hybridized carbons (Fsp3) is 1.00. The van der Waals surface area contributed by atoms with E-state index in [0.717, 1.165) is 13.1 Å². The lowest BCUT2D eigenvalue weighted by atomic mass is 10.2. The number of nitrogens with zero attached hydrogens (tertiary/aromatic N) is 1. The number of fused-ring (bicyclic) bond motifs is 1. The third-order valence-corrected chi connectivity index (χ3v) is 3.05. The molecule has 3 heteroatoms. The fourth-order valence-corrected chi connectivity index (χ4v) is 2.20. The van der Waals surface area contributed by atoms with Crippen molar-refractivity contribution < 1.29 is 5.11 Å². The van der Waals surface area contributed by atoms with Gasteiger partial charge in [0.15, 0.2) is 0 Å². The Hall–Kier alpha value is -0.120. The molecule has 0 aromatic heterocycles. The van der Waals surface area contributed by atoms with Crippen LogP contribution < -0.4 is 5.73 Å². The Morgan fingerprint density at radius 2 is 2.10 bits per heavy atom. The lowest BCUT2D eigenvalue weighted by Crippen LogP contribution is -2.38. The van der Waals surface area contributed by atoms with Crippen LogP contribution in [0.4, 0.5) is 0 Å². The third kappa shape index (κ3) is 0.603. The van der Waals surface area contributed by atoms with Crippen molar-refractivity contribution >= 4 is 0 Å². The van der Waals surface area contributed by atoms with Crippen LogP contribution in [0.15, 0.2) is 0 Å². The monoisotopic (exact) mass is 142 g/mol. The number of rotatable bonds is 1. The van der Waals surface area contributed by atoms with Crippen LogP contribution in [-0.4, -0.2) is 42.3 Å². The normalized spacial score (nSPS) is 53.1. The quantitative estimate of drug-likeness (QED) is 0.487. The molecule has 1 aliphatic carbocycles. The van der Waals surface area contributed by atoms with Crippen LogP contribution in [0.1, 0.15) is 0 Å². The maximum Gasteiger partial charge on any atom is 0.0617 e. The summed E-state index contributed by atoms with van der Waals surface area (Å²) in [6, 6.07) is 0. The van der Waals surface area contributed by atoms with Crippen molar-refractivity contribution in [1.29, 1.82) is 0 Å². The lowest BCUT2D eigenvalue weighted by molar-refractivity contribution is 0.211. The highest BCUT2D eigenvalue weighted by molar-refractivity contribution is 5.20. The van der Waals surface area contributed by atoms with Crippen molar-refractivity contribution in [2.24, 2.45) is 17.6 Å². The van der Waals surface area contributed by atoms with E-state index in [4.69, 9.17) is 10.8 Å². The highest BCUT2D eigenvalue weighted by atomic mass is 16.3. The van der Waals surface area contributed by atoms with Crippen molar-refractivity contribution in [3.63, 3.8) is 0 Å². The molecule has 0 radical (unpaired) electrons. The third-order valence-electron chi connectivity index (χ3n) is 3.05. The van der Waals surface area contributed by atoms with E-state index in [9.17, 15) is 0 Å². The van der Waals surface area contributed by atoms with Gasteiger partial charge in [-0.1, -0.05) is 0 Å². The SMILES string of the molecule is CN1CC2C(C1)C2(N)CO. The van der Waals surface area contributed by atoms with E-state index in [1.807, 2.05) is 0 Å². The Balaban J connectivity index is 2.02. The van der Waals surface area contributed by atoms with Crippen LogP contribution in [0.5, 0.6) is 0 Å². The Morgan fingerprint density at radius 1 is 1.60 bits per heavy atom. The first-order chi connectivity index (χ1) is 4.68. The first-order valence-corrected chi connectivity index (χ1v) is 3.77. The molecule has 0 amide bonds. The summed E-state index contributed by atoms with van der Waals surface area (Å²) in [5, 5.41) is 8.91. The van der Waals surface area contributed by atoms with Crippen molar-refractivity contribution in [3.05, 3.63) is 0 Å². The van der Waals surface area contributed by atoms with Crippen molar-refractivity contribution in [3.8, 4) is 0 Å². The van der Waals surface area contributed by atoms with Crippen LogP contribution in [-0.2, 0) is 0 Å². The molecular weight excluding hydrogens is 128 g/mol. The predicted octanol–water partition coefficient (Wildman–Crippen LogP) is -1.13. The van der Waals surface area contributed by atoms with Crippen molar-refractivity contribution in [2.45, 2.75) is 5.54 Å². The molecule has 0 bridgehead atoms. The molecule has 0 aromatic rings. The average molecular weight is 142 g/mol. The minimum Gasteiger partial charge on any atom is -0.394 e. The summed E-state index contributed by atoms with van der Waals surface area (Å²) in [6.45, 7) is 2.31. The van der Waals surface area contributed by atoms with Crippen molar-refractivity contribution in [1.82, 2.24) is 4.90 Å². The molecule has 1 saturated heterocycles. The van der Waals surface area contributed by atoms with Crippen LogP contribution in [0.25, 0.3) is 0 Å². The summed E-state index contributed by atoms with van der Waals surface area (Å²) in [6.07, 6.45) is 0. The Kier molecular flexibility index (Phi) is 1.14. The van der Waals surface area contributed by atoms with Gasteiger partial charge in [0.2, 0.25) is 0 Å². The molecule has 0 aromatic carbocycles. The molecule has 58 valence electrons. The fourth-order valence-electron chi connectivity index (χ4n) is 2.20. The Bertz CT molecular complexity index is 148. The van der Waals surface area contributed by atoms with E-state index in [1.54, 1.807) is 0 Å². The summed E-state index contributed by atoms with van der Waals surface area (Å²) in [5.74, 6) is 1.14. The molecule has 2 unspecified atom stereocenters. The minimum atomic E-state index is -0.202. The van der Waals surface area contributed by atoms with Gasteiger partial charge in [-0.2, -0.15) is 0 Å². The number of piperidine rings is 1. The molecule has 3 N–H and O–H groups in total. The number of nitrogens with two attached hydrogens (primary N) is 1. The second-order valence-electron chi connectivity index (χ2n) is 3.70. The average Bonchev–Trinajstić information content (AvgIpc) is 2.28. The van der Waals surface area contributed by atoms with Gasteiger partial charge < -0.3 is 15.7 Å². The molecule has 2 fully saturated rings. The molecule has 2 atom stereocenters. The van der Waals surface area contributed by atoms with Crippen LogP contribution in [0, 0.1) is 11.8 Å². The number of hydrogen-bond acceptors (Lipinski definition) is 3. The topological polar surface area (TPSA) is 49.5 Å². The number of likely N-dealkylation sites (tertiary alicyclic amines) is 1. The smallest absolute Gasteiger partial charge is 0.0617 e. The predicted molar refractivity (Wildman–Crippen MR) is 38.5 cm³/mol. The maximum absolute atomic E-state index is 8.91. The molecule has 1 saturated carbocycles. The molecule has 3 nitrogen and oxygen atoms in total. The minimum absolute atomic E-state index is 0.163. The van der Waals surface area contributed by atoms with Gasteiger partial charge in [-0.15, -0.1) is 0 Å². The maximum atomic E-state index is 8.91. The summed E-state index contributed by atoms with van der Waals surface area (Å²) in [5.41, 5.74) is 5.68. The molecule has 1 heterocycles. The summed E-state index contributed by atoms with van der Waals surface area (Å²) < 4.78 is 0. The van der Waals surface area contributed by atoms with E-state index < -0.39 is 0 Å². The second-order valence-corrected chi connectivity index (χ2v) is 3.70. The highest BCUT2D eigenvalue weighted by Crippen LogP contribution is 2.52. The molecule has 2 rings (SSSR count). The first-order valence-electron chi connectivity index (χ1n) is 3.77. The molecule has 0 spiro atoms. The molecule has 10 heavy (non-hydrogen) atoms. The van der Waals surface area contributed by atoms with E-state index in [-0.39, 0.29) is 12.1 Å². The van der Waals surface area contributed by atoms with Gasteiger partial charge in [0.05, 0.1) is 6.61 Å². The van der Waals surface area contributed by atoms with Gasteiger partial charge in [-0.05, 0) is 18.9 Å². The van der Waals surface area contributed by atoms with Crippen LogP contribution in [0.3, 0.4) is 0 Å². The number of aliphatic hydroxyl groups excluding tert-OH is 1. The largest absolute Gasteiger partial charge is 0.394 e. The number of aliphatic hydroxyl groups is 1. The van der Waals surface area contributed by atoms with Gasteiger partial charge in [0.1, 0.15) is 0 Å². The second kappa shape index (κ2) is 1.72. The zero-order chi connectivity index (χ0) is 7.35. The lowest BCUT2D eigenvalue weighted by Gasteiger charge is -2.17. The Labute approximate surface area is 60.8 Å². The summed E-state index contributed by atoms with van der Waals surface area (Å²) in [4.78, 5) is 2.27. The van der Waals surface area contributed by atoms with E-state index in [2.05, 4.69) is 11.9 Å². The van der Waals surface area contributed by atoms with Gasteiger partial charge in [0.25, 0.3) is 0 Å². The Morgan fingerprint density at radius 3 is 2.50 bits per heavy atom. The van der Waals surface area contributed by atoms with Gasteiger partial charge in [-0.25, -0.2) is 0 Å². The van der Waals surface area contributed by atoms with Gasteiger partial charge >= 0.3 is 0 Å². The standard InChI is InChI=1S/C7H14N2O/c1-9-2-5-6(3-9)7(5,8)4-10/h5-6,10H,2-4,8H2,1H3. The van der Waals surface area contributed by atoms with E-state index in [1.165, 1.54) is 0 Å².